The lowest BCUT2D eigenvalue weighted by atomic mass is 9.88. The van der Waals surface area contributed by atoms with Crippen LogP contribution in [0.4, 0.5) is 0 Å². The van der Waals surface area contributed by atoms with Crippen LogP contribution in [0.25, 0.3) is 10.8 Å². The molecule has 0 saturated heterocycles. The van der Waals surface area contributed by atoms with Gasteiger partial charge in [-0.15, -0.1) is 0 Å². The Morgan fingerprint density at radius 2 is 1.14 bits per heavy atom. The van der Waals surface area contributed by atoms with Gasteiger partial charge in [-0.1, -0.05) is 24.3 Å². The van der Waals surface area contributed by atoms with E-state index in [1.54, 1.807) is 6.08 Å². The van der Waals surface area contributed by atoms with Gasteiger partial charge in [-0.25, -0.2) is 19.2 Å². The average Bonchev–Trinajstić information content (AvgIpc) is 2.67. The van der Waals surface area contributed by atoms with Crippen molar-refractivity contribution >= 4 is 40.9 Å². The first-order valence-corrected chi connectivity index (χ1v) is 7.30. The number of carboxylic acid groups (broad SMARTS) is 4. The van der Waals surface area contributed by atoms with Crippen LogP contribution < -0.4 is 0 Å². The van der Waals surface area contributed by atoms with Crippen LogP contribution >= 0.6 is 0 Å². The summed E-state index contributed by atoms with van der Waals surface area (Å²) in [6.45, 7) is 0. The van der Waals surface area contributed by atoms with E-state index in [-0.39, 0.29) is 10.8 Å². The number of benzene rings is 2. The van der Waals surface area contributed by atoms with Gasteiger partial charge in [0, 0.05) is 0 Å². The molecule has 0 bridgehead atoms. The minimum atomic E-state index is -1.83. The van der Waals surface area contributed by atoms with Crippen LogP contribution in [0.1, 0.15) is 41.4 Å². The van der Waals surface area contributed by atoms with Crippen molar-refractivity contribution < 1.29 is 49.5 Å². The highest BCUT2D eigenvalue weighted by Gasteiger charge is 2.32. The van der Waals surface area contributed by atoms with Crippen molar-refractivity contribution in [2.24, 2.45) is 5.16 Å². The van der Waals surface area contributed by atoms with E-state index < -0.39 is 46.1 Å². The van der Waals surface area contributed by atoms with Crippen LogP contribution in [0, 0.1) is 0 Å². The van der Waals surface area contributed by atoms with Gasteiger partial charge in [-0.2, -0.15) is 4.99 Å². The largest absolute Gasteiger partial charge is 0.478 e. The van der Waals surface area contributed by atoms with E-state index in [2.05, 4.69) is 15.0 Å². The molecule has 0 aromatic heterocycles. The lowest BCUT2D eigenvalue weighted by Crippen LogP contribution is -2.20. The number of hydrogen-bond acceptors (Lipinski definition) is 7. The van der Waals surface area contributed by atoms with Crippen LogP contribution in [0.15, 0.2) is 41.8 Å². The molecule has 0 saturated carbocycles. The zero-order chi connectivity index (χ0) is 20.8. The predicted molar refractivity (Wildman–Crippen MR) is 91.6 cm³/mol. The lowest BCUT2D eigenvalue weighted by molar-refractivity contribution is -0.251. The number of nitrogens with zero attached hydrogens (tertiary/aromatic N) is 1. The van der Waals surface area contributed by atoms with Crippen molar-refractivity contribution in [2.75, 3.05) is 0 Å². The number of rotatable bonds is 4. The minimum absolute atomic E-state index is 0.158. The third-order valence-corrected chi connectivity index (χ3v) is 3.44. The summed E-state index contributed by atoms with van der Waals surface area (Å²) in [5, 5.41) is 39.8. The molecular formula is C17H11NO10. The average molecular weight is 389 g/mol. The van der Waals surface area contributed by atoms with E-state index in [0.29, 0.717) is 0 Å². The zero-order valence-corrected chi connectivity index (χ0v) is 13.7. The first-order valence-electron chi connectivity index (χ1n) is 7.30. The minimum Gasteiger partial charge on any atom is -0.478 e. The Bertz CT molecular complexity index is 955. The first-order chi connectivity index (χ1) is 13.3. The molecule has 0 amide bonds. The summed E-state index contributed by atoms with van der Waals surface area (Å²) in [5.41, 5.74) is -3.64. The van der Waals surface area contributed by atoms with Gasteiger partial charge < -0.3 is 20.4 Å². The fourth-order valence-electron chi connectivity index (χ4n) is 2.49. The van der Waals surface area contributed by atoms with E-state index in [1.807, 2.05) is 0 Å². The van der Waals surface area contributed by atoms with Crippen molar-refractivity contribution in [3.63, 3.8) is 0 Å². The second-order valence-electron chi connectivity index (χ2n) is 5.02. The summed E-state index contributed by atoms with van der Waals surface area (Å²) in [6.07, 6.45) is 4.51. The molecule has 11 nitrogen and oxygen atoms in total. The van der Waals surface area contributed by atoms with Gasteiger partial charge in [0.15, 0.2) is 0 Å². The number of aromatic carboxylic acids is 4. The van der Waals surface area contributed by atoms with Gasteiger partial charge >= 0.3 is 23.9 Å². The van der Waals surface area contributed by atoms with Gasteiger partial charge in [-0.3, -0.25) is 4.89 Å². The monoisotopic (exact) mass is 389 g/mol. The molecule has 0 atom stereocenters. The molecule has 0 aliphatic carbocycles. The summed E-state index contributed by atoms with van der Waals surface area (Å²) >= 11 is 0. The standard InChI is InChI=1S/C14H8O8.C3H3NO2/c15-11(16)7-5-3-1-2-4-6(5)8(12(17)18)10(14(21)22)9(7)13(19)20;1-2-4-6-5-3-1/h1-4H,(H,15,16)(H,17,18)(H,19,20)(H,21,22);1-3H. The van der Waals surface area contributed by atoms with Crippen molar-refractivity contribution in [2.45, 2.75) is 0 Å². The zero-order valence-electron chi connectivity index (χ0n) is 13.7. The maximum absolute atomic E-state index is 11.4. The Hall–Kier alpha value is -4.41. The SMILES string of the molecule is C1=COON=C1.O=C(O)c1c(C(=O)O)c(C(=O)O)c2ccccc2c1C(=O)O. The van der Waals surface area contributed by atoms with Gasteiger partial charge in [0.05, 0.1) is 28.5 Å². The molecule has 1 heterocycles. The molecule has 2 aromatic carbocycles. The molecule has 11 heteroatoms. The molecule has 28 heavy (non-hydrogen) atoms. The number of hydrogen-bond donors (Lipinski definition) is 4. The fourth-order valence-corrected chi connectivity index (χ4v) is 2.49. The smallest absolute Gasteiger partial charge is 0.337 e. The van der Waals surface area contributed by atoms with E-state index in [9.17, 15) is 39.6 Å². The van der Waals surface area contributed by atoms with Crippen molar-refractivity contribution in [3.8, 4) is 0 Å². The number of fused-ring (bicyclic) bond motifs is 1. The topological polar surface area (TPSA) is 180 Å². The van der Waals surface area contributed by atoms with Gasteiger partial charge in [-0.05, 0) is 22.0 Å². The molecule has 4 N–H and O–H groups in total. The quantitative estimate of drug-likeness (QED) is 0.565. The predicted octanol–water partition coefficient (Wildman–Crippen LogP) is 2.08. The summed E-state index contributed by atoms with van der Waals surface area (Å²) in [5.74, 6) is -6.98. The van der Waals surface area contributed by atoms with Crippen LogP contribution in [0.2, 0.25) is 0 Å². The summed E-state index contributed by atoms with van der Waals surface area (Å²) in [7, 11) is 0. The third kappa shape index (κ3) is 3.88. The van der Waals surface area contributed by atoms with Crippen molar-refractivity contribution in [3.05, 3.63) is 58.9 Å². The maximum Gasteiger partial charge on any atom is 0.337 e. The molecule has 144 valence electrons. The van der Waals surface area contributed by atoms with Crippen molar-refractivity contribution in [1.29, 1.82) is 0 Å². The molecule has 2 aromatic rings. The summed E-state index contributed by atoms with van der Waals surface area (Å²) in [4.78, 5) is 53.7. The molecule has 1 aliphatic rings. The molecule has 0 radical (unpaired) electrons. The van der Waals surface area contributed by atoms with Gasteiger partial charge in [0.1, 0.15) is 6.26 Å². The number of allylic oxidation sites excluding steroid dienone is 1. The van der Waals surface area contributed by atoms with Gasteiger partial charge in [0.25, 0.3) is 0 Å². The number of carbonyl (C=O) groups is 4. The third-order valence-electron chi connectivity index (χ3n) is 3.44. The first kappa shape index (κ1) is 19.9. The number of carboxylic acids is 4. The van der Waals surface area contributed by atoms with Crippen molar-refractivity contribution in [1.82, 2.24) is 0 Å². The Balaban J connectivity index is 0.000000397. The summed E-state index contributed by atoms with van der Waals surface area (Å²) < 4.78 is 0. The maximum atomic E-state index is 11.4. The molecule has 0 spiro atoms. The Kier molecular flexibility index (Phi) is 5.91. The van der Waals surface area contributed by atoms with Gasteiger partial charge in [0.2, 0.25) is 0 Å². The Morgan fingerprint density at radius 1 is 0.714 bits per heavy atom. The molecule has 1 aliphatic heterocycles. The second kappa shape index (κ2) is 8.31. The van der Waals surface area contributed by atoms with Crippen LogP contribution in [-0.4, -0.2) is 50.5 Å². The lowest BCUT2D eigenvalue weighted by Gasteiger charge is -2.14. The van der Waals surface area contributed by atoms with Crippen LogP contribution in [-0.2, 0) is 9.88 Å². The highest BCUT2D eigenvalue weighted by molar-refractivity contribution is 6.23. The molecule has 0 unspecified atom stereocenters. The molecular weight excluding hydrogens is 378 g/mol. The Morgan fingerprint density at radius 3 is 1.36 bits per heavy atom. The normalized spacial score (nSPS) is 11.6. The van der Waals surface area contributed by atoms with E-state index >= 15 is 0 Å². The highest BCUT2D eigenvalue weighted by Crippen LogP contribution is 2.31. The van der Waals surface area contributed by atoms with Crippen LogP contribution in [0.3, 0.4) is 0 Å². The Labute approximate surface area is 155 Å². The highest BCUT2D eigenvalue weighted by atomic mass is 17.3. The van der Waals surface area contributed by atoms with E-state index in [4.69, 9.17) is 0 Å². The second-order valence-corrected chi connectivity index (χ2v) is 5.02. The van der Waals surface area contributed by atoms with E-state index in [1.165, 1.54) is 36.7 Å². The molecule has 3 rings (SSSR count). The van der Waals surface area contributed by atoms with Crippen LogP contribution in [0.5, 0.6) is 0 Å². The molecule has 0 fully saturated rings. The van der Waals surface area contributed by atoms with E-state index in [0.717, 1.165) is 0 Å². The number of oxime groups is 1. The fraction of sp³-hybridized carbons (Fsp3) is 0. The summed E-state index contributed by atoms with van der Waals surface area (Å²) in [6, 6.07) is 5.24.